The monoisotopic (exact) mass is 269 g/mol. The van der Waals surface area contributed by atoms with Crippen molar-refractivity contribution in [2.45, 2.75) is 13.5 Å². The minimum Gasteiger partial charge on any atom is -0.300 e. The summed E-state index contributed by atoms with van der Waals surface area (Å²) in [6.07, 6.45) is 0. The van der Waals surface area contributed by atoms with E-state index in [0.29, 0.717) is 11.3 Å². The van der Waals surface area contributed by atoms with Crippen LogP contribution in [-0.4, -0.2) is 11.7 Å². The van der Waals surface area contributed by atoms with E-state index >= 15 is 0 Å². The largest absolute Gasteiger partial charge is 0.300 e. The molecule has 0 unspecified atom stereocenters. The number of carbonyl (C=O) groups is 2. The lowest BCUT2D eigenvalue weighted by Gasteiger charge is -2.16. The topological polar surface area (TPSA) is 37.4 Å². The Morgan fingerprint density at radius 3 is 2.45 bits per heavy atom. The Morgan fingerprint density at radius 2 is 1.75 bits per heavy atom. The Bertz CT molecular complexity index is 707. The van der Waals surface area contributed by atoms with E-state index < -0.39 is 11.7 Å². The molecule has 0 aliphatic carbocycles. The molecule has 0 bridgehead atoms. The molecule has 1 amide bonds. The Morgan fingerprint density at radius 1 is 1.05 bits per heavy atom. The molecule has 100 valence electrons. The lowest BCUT2D eigenvalue weighted by Crippen LogP contribution is -2.29. The number of hydrogen-bond acceptors (Lipinski definition) is 2. The van der Waals surface area contributed by atoms with Crippen LogP contribution >= 0.6 is 0 Å². The summed E-state index contributed by atoms with van der Waals surface area (Å²) in [7, 11) is 0. The molecule has 1 aliphatic heterocycles. The van der Waals surface area contributed by atoms with Gasteiger partial charge in [0.15, 0.2) is 0 Å². The fourth-order valence-corrected chi connectivity index (χ4v) is 2.34. The van der Waals surface area contributed by atoms with Crippen molar-refractivity contribution in [3.63, 3.8) is 0 Å². The van der Waals surface area contributed by atoms with Gasteiger partial charge in [0.1, 0.15) is 5.82 Å². The maximum Gasteiger partial charge on any atom is 0.299 e. The molecule has 0 atom stereocenters. The van der Waals surface area contributed by atoms with Crippen molar-refractivity contribution in [3.05, 3.63) is 65.0 Å². The van der Waals surface area contributed by atoms with Gasteiger partial charge in [0, 0.05) is 0 Å². The summed E-state index contributed by atoms with van der Waals surface area (Å²) in [6.45, 7) is 2.14. The summed E-state index contributed by atoms with van der Waals surface area (Å²) in [6, 6.07) is 11.3. The average molecular weight is 269 g/mol. The van der Waals surface area contributed by atoms with Gasteiger partial charge >= 0.3 is 0 Å². The van der Waals surface area contributed by atoms with Gasteiger partial charge in [-0.15, -0.1) is 0 Å². The molecule has 1 aliphatic rings. The van der Waals surface area contributed by atoms with Crippen LogP contribution in [0.3, 0.4) is 0 Å². The van der Waals surface area contributed by atoms with Crippen LogP contribution in [0.15, 0.2) is 42.5 Å². The van der Waals surface area contributed by atoms with E-state index in [1.54, 1.807) is 24.3 Å². The van der Waals surface area contributed by atoms with Crippen LogP contribution in [0.25, 0.3) is 0 Å². The van der Waals surface area contributed by atoms with Gasteiger partial charge in [-0.3, -0.25) is 9.59 Å². The molecule has 20 heavy (non-hydrogen) atoms. The van der Waals surface area contributed by atoms with Gasteiger partial charge in [0.05, 0.1) is 17.8 Å². The molecule has 0 spiro atoms. The molecule has 0 radical (unpaired) electrons. The van der Waals surface area contributed by atoms with Crippen LogP contribution in [0.5, 0.6) is 0 Å². The normalized spacial score (nSPS) is 13.8. The number of halogens is 1. The smallest absolute Gasteiger partial charge is 0.299 e. The van der Waals surface area contributed by atoms with Crippen LogP contribution < -0.4 is 4.90 Å². The number of aryl methyl sites for hydroxylation is 1. The first-order valence-corrected chi connectivity index (χ1v) is 6.27. The van der Waals surface area contributed by atoms with Crippen LogP contribution in [0, 0.1) is 12.7 Å². The highest BCUT2D eigenvalue weighted by molar-refractivity contribution is 6.52. The molecule has 2 aromatic rings. The highest BCUT2D eigenvalue weighted by atomic mass is 19.1. The predicted molar refractivity (Wildman–Crippen MR) is 73.1 cm³/mol. The third kappa shape index (κ3) is 1.99. The molecular weight excluding hydrogens is 257 g/mol. The van der Waals surface area contributed by atoms with Gasteiger partial charge in [-0.05, 0) is 36.8 Å². The molecule has 3 rings (SSSR count). The zero-order valence-corrected chi connectivity index (χ0v) is 10.9. The highest BCUT2D eigenvalue weighted by Gasteiger charge is 2.35. The van der Waals surface area contributed by atoms with Gasteiger partial charge in [-0.25, -0.2) is 4.39 Å². The van der Waals surface area contributed by atoms with Crippen LogP contribution in [0.1, 0.15) is 21.5 Å². The van der Waals surface area contributed by atoms with E-state index in [-0.39, 0.29) is 12.4 Å². The standard InChI is InChI=1S/C16H12FNO2/c1-10-2-7-14-13(8-10)15(19)16(20)18(14)9-11-3-5-12(17)6-4-11/h2-8H,9H2,1H3. The van der Waals surface area contributed by atoms with E-state index in [4.69, 9.17) is 0 Å². The molecule has 0 saturated carbocycles. The molecule has 1 heterocycles. The van der Waals surface area contributed by atoms with Crippen molar-refractivity contribution in [3.8, 4) is 0 Å². The SMILES string of the molecule is Cc1ccc2c(c1)C(=O)C(=O)N2Cc1ccc(F)cc1. The van der Waals surface area contributed by atoms with Crippen LogP contribution in [0.2, 0.25) is 0 Å². The van der Waals surface area contributed by atoms with Crippen molar-refractivity contribution in [2.24, 2.45) is 0 Å². The number of ketones is 1. The summed E-state index contributed by atoms with van der Waals surface area (Å²) < 4.78 is 12.9. The van der Waals surface area contributed by atoms with Gasteiger partial charge in [-0.2, -0.15) is 0 Å². The Kier molecular flexibility index (Phi) is 2.86. The number of hydrogen-bond donors (Lipinski definition) is 0. The van der Waals surface area contributed by atoms with Crippen molar-refractivity contribution >= 4 is 17.4 Å². The third-order valence-electron chi connectivity index (χ3n) is 3.38. The Hall–Kier alpha value is -2.49. The van der Waals surface area contributed by atoms with Crippen molar-refractivity contribution in [1.29, 1.82) is 0 Å². The second kappa shape index (κ2) is 4.56. The van der Waals surface area contributed by atoms with E-state index in [2.05, 4.69) is 0 Å². The first kappa shape index (κ1) is 12.5. The van der Waals surface area contributed by atoms with Gasteiger partial charge in [0.25, 0.3) is 11.7 Å². The maximum absolute atomic E-state index is 12.9. The maximum atomic E-state index is 12.9. The number of fused-ring (bicyclic) bond motifs is 1. The van der Waals surface area contributed by atoms with Crippen molar-refractivity contribution in [2.75, 3.05) is 4.90 Å². The minimum absolute atomic E-state index is 0.265. The number of nitrogens with zero attached hydrogens (tertiary/aromatic N) is 1. The van der Waals surface area contributed by atoms with E-state index in [1.807, 2.05) is 13.0 Å². The first-order valence-electron chi connectivity index (χ1n) is 6.27. The predicted octanol–water partition coefficient (Wildman–Crippen LogP) is 2.86. The van der Waals surface area contributed by atoms with Crippen LogP contribution in [-0.2, 0) is 11.3 Å². The lowest BCUT2D eigenvalue weighted by atomic mass is 10.1. The molecule has 3 nitrogen and oxygen atoms in total. The third-order valence-corrected chi connectivity index (χ3v) is 3.38. The molecule has 0 aromatic heterocycles. The zero-order valence-electron chi connectivity index (χ0n) is 10.9. The van der Waals surface area contributed by atoms with Crippen molar-refractivity contribution in [1.82, 2.24) is 0 Å². The Labute approximate surface area is 115 Å². The molecule has 4 heteroatoms. The van der Waals surface area contributed by atoms with Crippen molar-refractivity contribution < 1.29 is 14.0 Å². The van der Waals surface area contributed by atoms with Gasteiger partial charge in [-0.1, -0.05) is 23.8 Å². The fraction of sp³-hybridized carbons (Fsp3) is 0.125. The molecular formula is C16H12FNO2. The number of carbonyl (C=O) groups excluding carboxylic acids is 2. The summed E-state index contributed by atoms with van der Waals surface area (Å²) in [5.74, 6) is -1.34. The second-order valence-corrected chi connectivity index (χ2v) is 4.87. The Balaban J connectivity index is 1.97. The quantitative estimate of drug-likeness (QED) is 0.786. The number of anilines is 1. The first-order chi connectivity index (χ1) is 9.56. The van der Waals surface area contributed by atoms with E-state index in [1.165, 1.54) is 17.0 Å². The van der Waals surface area contributed by atoms with Gasteiger partial charge < -0.3 is 4.90 Å². The second-order valence-electron chi connectivity index (χ2n) is 4.87. The summed E-state index contributed by atoms with van der Waals surface area (Å²) in [4.78, 5) is 25.4. The average Bonchev–Trinajstić information content (AvgIpc) is 2.66. The highest BCUT2D eigenvalue weighted by Crippen LogP contribution is 2.30. The molecule has 2 aromatic carbocycles. The number of Topliss-reactive ketones (excluding diaryl/α,β-unsaturated/α-hetero) is 1. The number of benzene rings is 2. The number of amides is 1. The van der Waals surface area contributed by atoms with Crippen LogP contribution in [0.4, 0.5) is 10.1 Å². The van der Waals surface area contributed by atoms with Gasteiger partial charge in [0.2, 0.25) is 0 Å². The fourth-order valence-electron chi connectivity index (χ4n) is 2.34. The lowest BCUT2D eigenvalue weighted by molar-refractivity contribution is -0.114. The molecule has 0 N–H and O–H groups in total. The number of rotatable bonds is 2. The zero-order chi connectivity index (χ0) is 14.3. The summed E-state index contributed by atoms with van der Waals surface area (Å²) in [5.41, 5.74) is 2.78. The summed E-state index contributed by atoms with van der Waals surface area (Å²) in [5, 5.41) is 0. The van der Waals surface area contributed by atoms with E-state index in [0.717, 1.165) is 11.1 Å². The minimum atomic E-state index is -0.532. The molecule has 0 fully saturated rings. The summed E-state index contributed by atoms with van der Waals surface area (Å²) >= 11 is 0. The van der Waals surface area contributed by atoms with E-state index in [9.17, 15) is 14.0 Å². The molecule has 0 saturated heterocycles.